The van der Waals surface area contributed by atoms with Crippen LogP contribution in [0, 0.1) is 20.8 Å². The highest BCUT2D eigenvalue weighted by Gasteiger charge is 2.52. The van der Waals surface area contributed by atoms with Crippen molar-refractivity contribution in [2.75, 3.05) is 25.2 Å². The van der Waals surface area contributed by atoms with Crippen molar-refractivity contribution in [3.63, 3.8) is 0 Å². The van der Waals surface area contributed by atoms with Gasteiger partial charge in [0.25, 0.3) is 0 Å². The Balaban J connectivity index is 1.59. The fourth-order valence-corrected chi connectivity index (χ4v) is 5.53. The lowest BCUT2D eigenvalue weighted by Gasteiger charge is -2.37. The smallest absolute Gasteiger partial charge is 0.343 e. The Labute approximate surface area is 216 Å². The number of rotatable bonds is 10. The summed E-state index contributed by atoms with van der Waals surface area (Å²) in [6.45, 7) is 8.42. The predicted octanol–water partition coefficient (Wildman–Crippen LogP) is 6.21. The van der Waals surface area contributed by atoms with Crippen LogP contribution in [0.1, 0.15) is 53.5 Å². The van der Waals surface area contributed by atoms with Crippen LogP contribution in [-0.4, -0.2) is 42.8 Å². The molecule has 1 spiro atoms. The Bertz CT molecular complexity index is 1030. The zero-order valence-electron chi connectivity index (χ0n) is 20.9. The molecule has 0 bridgehead atoms. The van der Waals surface area contributed by atoms with Crippen LogP contribution < -0.4 is 0 Å². The number of hydrogen-bond acceptors (Lipinski definition) is 5. The molecule has 6 heteroatoms. The highest BCUT2D eigenvalue weighted by Crippen LogP contribution is 2.48. The van der Waals surface area contributed by atoms with Gasteiger partial charge in [0.1, 0.15) is 12.2 Å². The summed E-state index contributed by atoms with van der Waals surface area (Å²) in [5, 5.41) is 0.824. The molecule has 0 amide bonds. The van der Waals surface area contributed by atoms with Crippen molar-refractivity contribution in [2.24, 2.45) is 0 Å². The van der Waals surface area contributed by atoms with Crippen molar-refractivity contribution in [2.45, 2.75) is 64.8 Å². The summed E-state index contributed by atoms with van der Waals surface area (Å²) in [5.41, 5.74) is 5.14. The van der Waals surface area contributed by atoms with Gasteiger partial charge in [0.15, 0.2) is 11.4 Å². The zero-order chi connectivity index (χ0) is 24.8. The van der Waals surface area contributed by atoms with Gasteiger partial charge in [0.05, 0.1) is 25.9 Å². The second kappa shape index (κ2) is 11.7. The minimum absolute atomic E-state index is 0.133. The predicted molar refractivity (Wildman–Crippen MR) is 140 cm³/mol. The van der Waals surface area contributed by atoms with Gasteiger partial charge in [0, 0.05) is 5.33 Å². The topological polar surface area (TPSA) is 54.0 Å². The van der Waals surface area contributed by atoms with E-state index in [9.17, 15) is 4.79 Å². The summed E-state index contributed by atoms with van der Waals surface area (Å²) in [6, 6.07) is 14.3. The van der Waals surface area contributed by atoms with Crippen molar-refractivity contribution < 1.29 is 23.7 Å². The lowest BCUT2D eigenvalue weighted by Crippen LogP contribution is -2.40. The lowest BCUT2D eigenvalue weighted by molar-refractivity contribution is -0.153. The van der Waals surface area contributed by atoms with Crippen LogP contribution >= 0.6 is 15.9 Å². The molecule has 0 saturated heterocycles. The summed E-state index contributed by atoms with van der Waals surface area (Å²) in [5.74, 6) is 0.395. The molecule has 35 heavy (non-hydrogen) atoms. The molecule has 0 radical (unpaired) electrons. The molecular weight excluding hydrogens is 508 g/mol. The second-order valence-corrected chi connectivity index (χ2v) is 10.3. The van der Waals surface area contributed by atoms with E-state index in [4.69, 9.17) is 18.9 Å². The van der Waals surface area contributed by atoms with Crippen LogP contribution in [0.2, 0.25) is 0 Å². The van der Waals surface area contributed by atoms with Gasteiger partial charge in [-0.15, -0.1) is 0 Å². The Morgan fingerprint density at radius 2 is 1.69 bits per heavy atom. The minimum atomic E-state index is -0.739. The first kappa shape index (κ1) is 25.9. The number of carbonyl (C=O) groups excluding carboxylic acids is 1. The average Bonchev–Trinajstić information content (AvgIpc) is 3.09. The number of benzene rings is 2. The number of aryl methyl sites for hydroxylation is 3. The van der Waals surface area contributed by atoms with E-state index in [1.807, 2.05) is 30.3 Å². The molecule has 1 aliphatic heterocycles. The monoisotopic (exact) mass is 542 g/mol. The van der Waals surface area contributed by atoms with E-state index < -0.39 is 5.60 Å². The third kappa shape index (κ3) is 5.99. The van der Waals surface area contributed by atoms with Gasteiger partial charge in [0.2, 0.25) is 0 Å². The van der Waals surface area contributed by atoms with Crippen LogP contribution in [0.4, 0.5) is 0 Å². The van der Waals surface area contributed by atoms with Gasteiger partial charge in [-0.3, -0.25) is 0 Å². The van der Waals surface area contributed by atoms with Crippen molar-refractivity contribution in [3.8, 4) is 0 Å². The highest BCUT2D eigenvalue weighted by atomic mass is 79.9. The SMILES string of the molecule is Cc1cc(C)c(C2=C(OCc3ccccc3)[C@]3(CC[C@@H](OCCOCCBr)CC3)OC2=O)c(C)c1. The van der Waals surface area contributed by atoms with Gasteiger partial charge in [-0.25, -0.2) is 4.79 Å². The Kier molecular flexibility index (Phi) is 8.68. The molecule has 0 N–H and O–H groups in total. The van der Waals surface area contributed by atoms with Crippen molar-refractivity contribution in [1.29, 1.82) is 0 Å². The van der Waals surface area contributed by atoms with Gasteiger partial charge in [-0.2, -0.15) is 0 Å². The van der Waals surface area contributed by atoms with Gasteiger partial charge in [-0.05, 0) is 68.7 Å². The number of hydrogen-bond donors (Lipinski definition) is 0. The molecule has 1 heterocycles. The molecule has 4 rings (SSSR count). The number of esters is 1. The summed E-state index contributed by atoms with van der Waals surface area (Å²) >= 11 is 3.36. The quantitative estimate of drug-likeness (QED) is 0.203. The summed E-state index contributed by atoms with van der Waals surface area (Å²) < 4.78 is 24.2. The fourth-order valence-electron chi connectivity index (χ4n) is 5.30. The maximum atomic E-state index is 13.4. The molecule has 0 unspecified atom stereocenters. The standard InChI is InChI=1S/C29H35BrO5/c1-20-17-21(2)25(22(3)18-20)26-27(34-19-23-7-5-4-6-8-23)29(35-28(26)31)11-9-24(10-12-29)33-16-15-32-14-13-30/h4-8,17-18,24H,9-16,19H2,1-3H3/t24-,29-. The zero-order valence-corrected chi connectivity index (χ0v) is 22.5. The first-order chi connectivity index (χ1) is 16.9. The largest absolute Gasteiger partial charge is 0.488 e. The van der Waals surface area contributed by atoms with E-state index in [1.54, 1.807) is 0 Å². The Morgan fingerprint density at radius 1 is 1.00 bits per heavy atom. The molecule has 1 saturated carbocycles. The average molecular weight is 543 g/mol. The normalized spacial score (nSPS) is 22.1. The molecule has 2 aliphatic rings. The summed E-state index contributed by atoms with van der Waals surface area (Å²) in [7, 11) is 0. The van der Waals surface area contributed by atoms with Crippen molar-refractivity contribution in [3.05, 3.63) is 76.0 Å². The fraction of sp³-hybridized carbons (Fsp3) is 0.483. The number of halogens is 1. The minimum Gasteiger partial charge on any atom is -0.488 e. The van der Waals surface area contributed by atoms with Crippen LogP contribution in [-0.2, 0) is 30.3 Å². The molecular formula is C29H35BrO5. The summed E-state index contributed by atoms with van der Waals surface area (Å²) in [6.07, 6.45) is 3.12. The number of ether oxygens (including phenoxy) is 4. The first-order valence-electron chi connectivity index (χ1n) is 12.4. The third-order valence-electron chi connectivity index (χ3n) is 6.83. The van der Waals surface area contributed by atoms with Gasteiger partial charge >= 0.3 is 5.97 Å². The molecule has 2 aromatic carbocycles. The molecule has 0 aromatic heterocycles. The molecule has 0 atom stereocenters. The maximum Gasteiger partial charge on any atom is 0.343 e. The molecule has 5 nitrogen and oxygen atoms in total. The lowest BCUT2D eigenvalue weighted by atomic mass is 9.80. The second-order valence-electron chi connectivity index (χ2n) is 9.51. The van der Waals surface area contributed by atoms with Crippen LogP contribution in [0.5, 0.6) is 0 Å². The third-order valence-corrected chi connectivity index (χ3v) is 7.15. The van der Waals surface area contributed by atoms with Crippen LogP contribution in [0.15, 0.2) is 48.2 Å². The van der Waals surface area contributed by atoms with Crippen LogP contribution in [0.3, 0.4) is 0 Å². The van der Waals surface area contributed by atoms with E-state index in [0.29, 0.717) is 50.6 Å². The maximum absolute atomic E-state index is 13.4. The Morgan fingerprint density at radius 3 is 2.34 bits per heavy atom. The Hall–Kier alpha value is -2.15. The van der Waals surface area contributed by atoms with Crippen molar-refractivity contribution in [1.82, 2.24) is 0 Å². The van der Waals surface area contributed by atoms with Crippen molar-refractivity contribution >= 4 is 27.5 Å². The highest BCUT2D eigenvalue weighted by molar-refractivity contribution is 9.09. The molecule has 188 valence electrons. The molecule has 1 fully saturated rings. The van der Waals surface area contributed by atoms with Gasteiger partial charge < -0.3 is 18.9 Å². The molecule has 1 aliphatic carbocycles. The van der Waals surface area contributed by atoms with E-state index in [1.165, 1.54) is 5.56 Å². The van der Waals surface area contributed by atoms with E-state index in [0.717, 1.165) is 40.4 Å². The number of carbonyl (C=O) groups is 1. The number of alkyl halides is 1. The van der Waals surface area contributed by atoms with Gasteiger partial charge in [-0.1, -0.05) is 64.0 Å². The van der Waals surface area contributed by atoms with E-state index in [-0.39, 0.29) is 12.1 Å². The van der Waals surface area contributed by atoms with E-state index >= 15 is 0 Å². The first-order valence-corrected chi connectivity index (χ1v) is 13.5. The molecule has 2 aromatic rings. The summed E-state index contributed by atoms with van der Waals surface area (Å²) in [4.78, 5) is 13.4. The van der Waals surface area contributed by atoms with Crippen LogP contribution in [0.25, 0.3) is 5.57 Å². The van der Waals surface area contributed by atoms with E-state index in [2.05, 4.69) is 48.8 Å².